The molecular weight excluding hydrogens is 316 g/mol. The minimum absolute atomic E-state index is 0.0531. The van der Waals surface area contributed by atoms with Crippen LogP contribution in [0.4, 0.5) is 11.4 Å². The van der Waals surface area contributed by atoms with E-state index < -0.39 is 9.85 Å². The van der Waals surface area contributed by atoms with Crippen molar-refractivity contribution in [2.45, 2.75) is 6.92 Å². The molecule has 0 atom stereocenters. The van der Waals surface area contributed by atoms with Gasteiger partial charge in [-0.3, -0.25) is 20.2 Å². The topological polar surface area (TPSA) is 125 Å². The molecule has 0 fully saturated rings. The quantitative estimate of drug-likeness (QED) is 0.530. The van der Waals surface area contributed by atoms with Gasteiger partial charge in [-0.05, 0) is 13.0 Å². The highest BCUT2D eigenvalue weighted by atomic mass is 16.6. The van der Waals surface area contributed by atoms with Gasteiger partial charge in [0.25, 0.3) is 17.3 Å². The molecule has 9 heteroatoms. The van der Waals surface area contributed by atoms with Crippen LogP contribution in [0.1, 0.15) is 5.56 Å². The summed E-state index contributed by atoms with van der Waals surface area (Å²) >= 11 is 0. The molecule has 3 rings (SSSR count). The molecule has 0 amide bonds. The van der Waals surface area contributed by atoms with Crippen LogP contribution < -0.4 is 0 Å². The van der Waals surface area contributed by atoms with Gasteiger partial charge in [-0.2, -0.15) is 4.98 Å². The molecule has 0 saturated heterocycles. The second-order valence-corrected chi connectivity index (χ2v) is 4.94. The van der Waals surface area contributed by atoms with Crippen LogP contribution in [0.3, 0.4) is 0 Å². The summed E-state index contributed by atoms with van der Waals surface area (Å²) in [6.07, 6.45) is 0. The van der Waals surface area contributed by atoms with Gasteiger partial charge in [-0.25, -0.2) is 0 Å². The van der Waals surface area contributed by atoms with Crippen LogP contribution in [0, 0.1) is 27.2 Å². The van der Waals surface area contributed by atoms with Gasteiger partial charge < -0.3 is 4.52 Å². The van der Waals surface area contributed by atoms with E-state index in [0.29, 0.717) is 16.7 Å². The molecular formula is C15H10N4O5. The molecule has 0 spiro atoms. The zero-order chi connectivity index (χ0) is 17.3. The highest BCUT2D eigenvalue weighted by Gasteiger charge is 2.19. The molecule has 9 nitrogen and oxygen atoms in total. The summed E-state index contributed by atoms with van der Waals surface area (Å²) in [7, 11) is 0. The molecule has 24 heavy (non-hydrogen) atoms. The first kappa shape index (κ1) is 15.3. The fourth-order valence-corrected chi connectivity index (χ4v) is 2.26. The summed E-state index contributed by atoms with van der Waals surface area (Å²) in [5.74, 6) is 0.275. The van der Waals surface area contributed by atoms with E-state index in [1.165, 1.54) is 30.3 Å². The molecule has 2 aromatic carbocycles. The number of nitro groups is 2. The van der Waals surface area contributed by atoms with Crippen molar-refractivity contribution in [2.24, 2.45) is 0 Å². The van der Waals surface area contributed by atoms with Gasteiger partial charge in [0.1, 0.15) is 0 Å². The lowest BCUT2D eigenvalue weighted by Crippen LogP contribution is -1.93. The third-order valence-electron chi connectivity index (χ3n) is 3.47. The standard InChI is InChI=1S/C15H10N4O5/c1-9-12(6-3-7-13(9)19(22)23)15-16-14(17-24-15)10-4-2-5-11(8-10)18(20)21/h2-8H,1H3. The van der Waals surface area contributed by atoms with Crippen molar-refractivity contribution < 1.29 is 14.4 Å². The molecule has 0 radical (unpaired) electrons. The number of hydrogen-bond donors (Lipinski definition) is 0. The number of hydrogen-bond acceptors (Lipinski definition) is 7. The van der Waals surface area contributed by atoms with Gasteiger partial charge in [0.05, 0.1) is 9.85 Å². The molecule has 0 unspecified atom stereocenters. The van der Waals surface area contributed by atoms with Crippen LogP contribution in [-0.2, 0) is 0 Å². The Labute approximate surface area is 134 Å². The lowest BCUT2D eigenvalue weighted by molar-refractivity contribution is -0.385. The van der Waals surface area contributed by atoms with Crippen LogP contribution in [-0.4, -0.2) is 20.0 Å². The van der Waals surface area contributed by atoms with E-state index in [2.05, 4.69) is 10.1 Å². The Morgan fingerprint density at radius 2 is 1.79 bits per heavy atom. The maximum Gasteiger partial charge on any atom is 0.273 e. The predicted octanol–water partition coefficient (Wildman–Crippen LogP) is 3.53. The van der Waals surface area contributed by atoms with Crippen molar-refractivity contribution >= 4 is 11.4 Å². The first-order valence-corrected chi connectivity index (χ1v) is 6.80. The Bertz CT molecular complexity index is 951. The van der Waals surface area contributed by atoms with Crippen LogP contribution >= 0.6 is 0 Å². The number of nitro benzene ring substituents is 2. The van der Waals surface area contributed by atoms with E-state index in [0.717, 1.165) is 0 Å². The maximum atomic E-state index is 11.0. The van der Waals surface area contributed by atoms with Gasteiger partial charge in [0.15, 0.2) is 0 Å². The van der Waals surface area contributed by atoms with Crippen molar-refractivity contribution in [3.63, 3.8) is 0 Å². The zero-order valence-electron chi connectivity index (χ0n) is 12.4. The molecule has 0 saturated carbocycles. The first-order valence-electron chi connectivity index (χ1n) is 6.80. The van der Waals surface area contributed by atoms with Crippen LogP contribution in [0.5, 0.6) is 0 Å². The summed E-state index contributed by atoms with van der Waals surface area (Å²) < 4.78 is 5.17. The second kappa shape index (κ2) is 5.88. The summed E-state index contributed by atoms with van der Waals surface area (Å²) in [4.78, 5) is 25.0. The Morgan fingerprint density at radius 1 is 1.04 bits per heavy atom. The number of rotatable bonds is 4. The number of non-ortho nitro benzene ring substituents is 1. The van der Waals surface area contributed by atoms with E-state index in [4.69, 9.17) is 4.52 Å². The third-order valence-corrected chi connectivity index (χ3v) is 3.47. The molecule has 0 aliphatic heterocycles. The zero-order valence-corrected chi connectivity index (χ0v) is 12.4. The largest absolute Gasteiger partial charge is 0.334 e. The molecule has 0 N–H and O–H groups in total. The fraction of sp³-hybridized carbons (Fsp3) is 0.0667. The monoisotopic (exact) mass is 326 g/mol. The number of aromatic nitrogens is 2. The normalized spacial score (nSPS) is 10.5. The maximum absolute atomic E-state index is 11.0. The lowest BCUT2D eigenvalue weighted by atomic mass is 10.1. The summed E-state index contributed by atoms with van der Waals surface area (Å²) in [6, 6.07) is 10.4. The fourth-order valence-electron chi connectivity index (χ4n) is 2.26. The Morgan fingerprint density at radius 3 is 2.50 bits per heavy atom. The summed E-state index contributed by atoms with van der Waals surface area (Å²) in [5.41, 5.74) is 1.11. The smallest absolute Gasteiger partial charge is 0.273 e. The second-order valence-electron chi connectivity index (χ2n) is 4.94. The molecule has 1 aromatic heterocycles. The molecule has 1 heterocycles. The van der Waals surface area contributed by atoms with E-state index in [9.17, 15) is 20.2 Å². The van der Waals surface area contributed by atoms with Gasteiger partial charge >= 0.3 is 0 Å². The molecule has 0 aliphatic rings. The average Bonchev–Trinajstić information content (AvgIpc) is 3.04. The van der Waals surface area contributed by atoms with Crippen molar-refractivity contribution in [1.82, 2.24) is 10.1 Å². The molecule has 0 bridgehead atoms. The molecule has 120 valence electrons. The minimum atomic E-state index is -0.519. The van der Waals surface area contributed by atoms with E-state index in [1.807, 2.05) is 0 Å². The molecule has 3 aromatic rings. The Hall–Kier alpha value is -3.62. The number of nitrogens with zero attached hydrogens (tertiary/aromatic N) is 4. The van der Waals surface area contributed by atoms with Crippen LogP contribution in [0.15, 0.2) is 47.0 Å². The average molecular weight is 326 g/mol. The Balaban J connectivity index is 2.03. The van der Waals surface area contributed by atoms with Gasteiger partial charge in [-0.1, -0.05) is 23.4 Å². The van der Waals surface area contributed by atoms with Gasteiger partial charge in [0, 0.05) is 34.9 Å². The van der Waals surface area contributed by atoms with Gasteiger partial charge in [0.2, 0.25) is 5.82 Å². The van der Waals surface area contributed by atoms with Crippen molar-refractivity contribution in [1.29, 1.82) is 0 Å². The minimum Gasteiger partial charge on any atom is -0.334 e. The first-order chi connectivity index (χ1) is 11.5. The van der Waals surface area contributed by atoms with Crippen LogP contribution in [0.25, 0.3) is 22.8 Å². The van der Waals surface area contributed by atoms with E-state index in [-0.39, 0.29) is 23.1 Å². The van der Waals surface area contributed by atoms with Crippen molar-refractivity contribution in [3.8, 4) is 22.8 Å². The highest BCUT2D eigenvalue weighted by molar-refractivity contribution is 5.67. The van der Waals surface area contributed by atoms with E-state index in [1.54, 1.807) is 19.1 Å². The summed E-state index contributed by atoms with van der Waals surface area (Å²) in [5, 5.41) is 25.6. The SMILES string of the molecule is Cc1c(-c2nc(-c3cccc([N+](=O)[O-])c3)no2)cccc1[N+](=O)[O-]. The Kier molecular flexibility index (Phi) is 3.74. The molecule has 0 aliphatic carbocycles. The van der Waals surface area contributed by atoms with Crippen molar-refractivity contribution in [2.75, 3.05) is 0 Å². The lowest BCUT2D eigenvalue weighted by Gasteiger charge is -2.01. The van der Waals surface area contributed by atoms with Gasteiger partial charge in [-0.15, -0.1) is 0 Å². The summed E-state index contributed by atoms with van der Waals surface area (Å²) in [6.45, 7) is 1.59. The van der Waals surface area contributed by atoms with Crippen LogP contribution in [0.2, 0.25) is 0 Å². The van der Waals surface area contributed by atoms with E-state index >= 15 is 0 Å². The predicted molar refractivity (Wildman–Crippen MR) is 83.2 cm³/mol. The highest BCUT2D eigenvalue weighted by Crippen LogP contribution is 2.30. The van der Waals surface area contributed by atoms with Crippen molar-refractivity contribution in [3.05, 3.63) is 68.3 Å². The number of benzene rings is 2. The third kappa shape index (κ3) is 2.70.